The monoisotopic (exact) mass is 380 g/mol. The van der Waals surface area contributed by atoms with E-state index in [4.69, 9.17) is 9.84 Å². The Kier molecular flexibility index (Phi) is 3.63. The molecule has 0 aliphatic heterocycles. The lowest BCUT2D eigenvalue weighted by atomic mass is 9.48. The Morgan fingerprint density at radius 2 is 1.81 bits per heavy atom. The van der Waals surface area contributed by atoms with Gasteiger partial charge in [-0.2, -0.15) is 0 Å². The van der Waals surface area contributed by atoms with E-state index in [1.807, 2.05) is 0 Å². The molecular formula is C21H23F3O3. The molecule has 146 valence electrons. The van der Waals surface area contributed by atoms with Crippen LogP contribution in [0.2, 0.25) is 0 Å². The first kappa shape index (κ1) is 17.4. The molecular weight excluding hydrogens is 357 g/mol. The van der Waals surface area contributed by atoms with Crippen LogP contribution >= 0.6 is 0 Å². The van der Waals surface area contributed by atoms with Gasteiger partial charge in [0, 0.05) is 23.3 Å². The Morgan fingerprint density at radius 3 is 2.41 bits per heavy atom. The van der Waals surface area contributed by atoms with Crippen molar-refractivity contribution in [3.8, 4) is 5.75 Å². The van der Waals surface area contributed by atoms with Crippen LogP contribution in [0, 0.1) is 29.0 Å². The molecule has 0 spiro atoms. The molecule has 0 amide bonds. The van der Waals surface area contributed by atoms with Crippen molar-refractivity contribution in [2.75, 3.05) is 6.61 Å². The van der Waals surface area contributed by atoms with Crippen LogP contribution < -0.4 is 4.74 Å². The molecule has 2 unspecified atom stereocenters. The van der Waals surface area contributed by atoms with E-state index in [1.54, 1.807) is 0 Å². The predicted molar refractivity (Wildman–Crippen MR) is 91.8 cm³/mol. The minimum Gasteiger partial charge on any atom is -0.493 e. The summed E-state index contributed by atoms with van der Waals surface area (Å²) in [6, 6.07) is 2.56. The van der Waals surface area contributed by atoms with E-state index < -0.39 is 29.5 Å². The second-order valence-corrected chi connectivity index (χ2v) is 9.26. The standard InChI is InChI=1S/C21H23F3O3/c22-17-6-18(15(12-1-2-12)5-16(17)19(25)26)27-10-20-7-11-3-13(8-20)21(23,24)14(4-11)9-20/h5-6,11-14H,1-4,7-10H2,(H,25,26). The maximum atomic E-state index is 14.4. The number of ether oxygens (including phenoxy) is 1. The molecule has 6 heteroatoms. The summed E-state index contributed by atoms with van der Waals surface area (Å²) in [5.41, 5.74) is 0.156. The molecule has 5 fully saturated rings. The van der Waals surface area contributed by atoms with E-state index in [-0.39, 0.29) is 16.9 Å². The van der Waals surface area contributed by atoms with Crippen LogP contribution in [0.1, 0.15) is 66.8 Å². The molecule has 1 N–H and O–H groups in total. The topological polar surface area (TPSA) is 46.5 Å². The molecule has 4 bridgehead atoms. The number of benzene rings is 1. The van der Waals surface area contributed by atoms with Gasteiger partial charge in [-0.3, -0.25) is 0 Å². The third kappa shape index (κ3) is 2.74. The lowest BCUT2D eigenvalue weighted by Gasteiger charge is -2.59. The average molecular weight is 380 g/mol. The molecule has 5 saturated carbocycles. The van der Waals surface area contributed by atoms with Crippen LogP contribution in [0.4, 0.5) is 13.2 Å². The van der Waals surface area contributed by atoms with Gasteiger partial charge >= 0.3 is 5.97 Å². The molecule has 5 aliphatic rings. The van der Waals surface area contributed by atoms with Crippen LogP contribution in [-0.2, 0) is 0 Å². The van der Waals surface area contributed by atoms with Gasteiger partial charge in [-0.1, -0.05) is 0 Å². The number of rotatable bonds is 5. The molecule has 3 nitrogen and oxygen atoms in total. The largest absolute Gasteiger partial charge is 0.493 e. The van der Waals surface area contributed by atoms with Gasteiger partial charge < -0.3 is 9.84 Å². The minimum absolute atomic E-state index is 0.208. The van der Waals surface area contributed by atoms with Crippen molar-refractivity contribution in [1.82, 2.24) is 0 Å². The number of halogens is 3. The van der Waals surface area contributed by atoms with Gasteiger partial charge in [0.1, 0.15) is 11.6 Å². The van der Waals surface area contributed by atoms with Gasteiger partial charge in [0.25, 0.3) is 5.92 Å². The van der Waals surface area contributed by atoms with Crippen LogP contribution in [0.15, 0.2) is 12.1 Å². The Balaban J connectivity index is 1.39. The highest BCUT2D eigenvalue weighted by Gasteiger charge is 2.64. The summed E-state index contributed by atoms with van der Waals surface area (Å²) < 4.78 is 49.1. The van der Waals surface area contributed by atoms with Crippen molar-refractivity contribution >= 4 is 5.97 Å². The molecule has 0 heterocycles. The van der Waals surface area contributed by atoms with Crippen molar-refractivity contribution in [3.63, 3.8) is 0 Å². The maximum absolute atomic E-state index is 14.4. The molecule has 0 saturated heterocycles. The zero-order valence-electron chi connectivity index (χ0n) is 15.0. The summed E-state index contributed by atoms with van der Waals surface area (Å²) in [6.07, 6.45) is 4.95. The van der Waals surface area contributed by atoms with Crippen molar-refractivity contribution in [3.05, 3.63) is 29.1 Å². The Morgan fingerprint density at radius 1 is 1.15 bits per heavy atom. The van der Waals surface area contributed by atoms with E-state index >= 15 is 0 Å². The highest BCUT2D eigenvalue weighted by atomic mass is 19.3. The number of carbonyl (C=O) groups is 1. The van der Waals surface area contributed by atoms with E-state index in [0.717, 1.165) is 24.8 Å². The van der Waals surface area contributed by atoms with E-state index in [9.17, 15) is 18.0 Å². The van der Waals surface area contributed by atoms with Gasteiger partial charge in [0.05, 0.1) is 12.2 Å². The fourth-order valence-corrected chi connectivity index (χ4v) is 6.04. The van der Waals surface area contributed by atoms with Crippen LogP contribution in [0.5, 0.6) is 5.75 Å². The third-order valence-corrected chi connectivity index (χ3v) is 7.29. The first-order valence-corrected chi connectivity index (χ1v) is 9.85. The van der Waals surface area contributed by atoms with Gasteiger partial charge in [-0.25, -0.2) is 18.0 Å². The van der Waals surface area contributed by atoms with Gasteiger partial charge in [0.2, 0.25) is 0 Å². The van der Waals surface area contributed by atoms with E-state index in [0.29, 0.717) is 44.0 Å². The molecule has 0 radical (unpaired) electrons. The normalized spacial score (nSPS) is 36.0. The summed E-state index contributed by atoms with van der Waals surface area (Å²) in [4.78, 5) is 11.2. The van der Waals surface area contributed by atoms with Crippen LogP contribution in [0.25, 0.3) is 0 Å². The molecule has 5 aliphatic carbocycles. The van der Waals surface area contributed by atoms with Crippen LogP contribution in [-0.4, -0.2) is 23.6 Å². The lowest BCUT2D eigenvalue weighted by molar-refractivity contribution is -0.230. The van der Waals surface area contributed by atoms with Gasteiger partial charge in [-0.05, 0) is 68.4 Å². The summed E-state index contributed by atoms with van der Waals surface area (Å²) in [5, 5.41) is 9.16. The highest BCUT2D eigenvalue weighted by Crippen LogP contribution is 2.65. The van der Waals surface area contributed by atoms with Crippen molar-refractivity contribution < 1.29 is 27.8 Å². The fourth-order valence-electron chi connectivity index (χ4n) is 6.04. The molecule has 1 aromatic carbocycles. The summed E-state index contributed by atoms with van der Waals surface area (Å²) in [6.45, 7) is 0.318. The molecule has 27 heavy (non-hydrogen) atoms. The first-order chi connectivity index (χ1) is 12.8. The van der Waals surface area contributed by atoms with Gasteiger partial charge in [0.15, 0.2) is 0 Å². The summed E-state index contributed by atoms with van der Waals surface area (Å²) in [5.74, 6) is -4.82. The fraction of sp³-hybridized carbons (Fsp3) is 0.667. The second-order valence-electron chi connectivity index (χ2n) is 9.26. The van der Waals surface area contributed by atoms with Gasteiger partial charge in [-0.15, -0.1) is 0 Å². The molecule has 2 atom stereocenters. The smallest absolute Gasteiger partial charge is 0.338 e. The summed E-state index contributed by atoms with van der Waals surface area (Å²) >= 11 is 0. The lowest BCUT2D eigenvalue weighted by Crippen LogP contribution is -2.58. The maximum Gasteiger partial charge on any atom is 0.338 e. The SMILES string of the molecule is O=C(O)c1cc(C2CC2)c(OCC23CC4CC(C2)C(F)(F)C(C4)C3)cc1F. The molecule has 1 aromatic rings. The highest BCUT2D eigenvalue weighted by molar-refractivity contribution is 5.88. The predicted octanol–water partition coefficient (Wildman–Crippen LogP) is 5.24. The quantitative estimate of drug-likeness (QED) is 0.760. The Bertz CT molecular complexity index is 784. The Labute approximate surface area is 155 Å². The van der Waals surface area contributed by atoms with E-state index in [1.165, 1.54) is 12.1 Å². The van der Waals surface area contributed by atoms with E-state index in [2.05, 4.69) is 0 Å². The first-order valence-electron chi connectivity index (χ1n) is 9.85. The molecule has 0 aromatic heterocycles. The second kappa shape index (κ2) is 5.65. The minimum atomic E-state index is -2.56. The van der Waals surface area contributed by atoms with Crippen molar-refractivity contribution in [2.24, 2.45) is 23.2 Å². The molecule has 6 rings (SSSR count). The average Bonchev–Trinajstić information content (AvgIpc) is 3.42. The number of aromatic carboxylic acids is 1. The summed E-state index contributed by atoms with van der Waals surface area (Å²) in [7, 11) is 0. The number of carboxylic acid groups (broad SMARTS) is 1. The Hall–Kier alpha value is -1.72. The zero-order chi connectivity index (χ0) is 19.0. The number of alkyl halides is 2. The number of hydrogen-bond acceptors (Lipinski definition) is 2. The number of hydrogen-bond donors (Lipinski definition) is 1. The van der Waals surface area contributed by atoms with Crippen molar-refractivity contribution in [1.29, 1.82) is 0 Å². The third-order valence-electron chi connectivity index (χ3n) is 7.29. The number of carboxylic acids is 1. The zero-order valence-corrected chi connectivity index (χ0v) is 15.0. The van der Waals surface area contributed by atoms with Crippen LogP contribution in [0.3, 0.4) is 0 Å². The van der Waals surface area contributed by atoms with Crippen molar-refractivity contribution in [2.45, 2.75) is 56.8 Å².